The fourth-order valence-electron chi connectivity index (χ4n) is 2.09. The summed E-state index contributed by atoms with van der Waals surface area (Å²) < 4.78 is 5.34. The fraction of sp³-hybridized carbons (Fsp3) is 0.529. The average Bonchev–Trinajstić information content (AvgIpc) is 3.15. The summed E-state index contributed by atoms with van der Waals surface area (Å²) >= 11 is 1.78. The van der Waals surface area contributed by atoms with Crippen LogP contribution in [0.5, 0.6) is 0 Å². The van der Waals surface area contributed by atoms with Crippen molar-refractivity contribution in [2.45, 2.75) is 40.0 Å². The Hall–Kier alpha value is -1.09. The lowest BCUT2D eigenvalue weighted by molar-refractivity contribution is 0.506. The number of nitrogens with one attached hydrogen (secondary N) is 2. The zero-order valence-electron chi connectivity index (χ0n) is 14.6. The molecule has 2 heterocycles. The Morgan fingerprint density at radius 2 is 2.00 bits per heavy atom. The van der Waals surface area contributed by atoms with Crippen LogP contribution >= 0.6 is 35.3 Å². The molecule has 2 aromatic rings. The van der Waals surface area contributed by atoms with E-state index in [-0.39, 0.29) is 24.0 Å². The third-order valence-electron chi connectivity index (χ3n) is 3.44. The maximum absolute atomic E-state index is 5.34. The standard InChI is InChI=1S/C17H26N4OS.HI/c1-4-9-18-17(19-10-7-15-6-5-12-22-15)20-11-8-16-21-13(2)14(3)23-16;/h5-6,12H,4,7-11H2,1-3H3,(H2,18,19,20);1H. The first-order chi connectivity index (χ1) is 11.2. The Bertz CT molecular complexity index is 591. The highest BCUT2D eigenvalue weighted by Gasteiger charge is 2.04. The quantitative estimate of drug-likeness (QED) is 0.357. The normalized spacial score (nSPS) is 11.2. The third-order valence-corrected chi connectivity index (χ3v) is 4.57. The molecule has 0 saturated heterocycles. The summed E-state index contributed by atoms with van der Waals surface area (Å²) in [6, 6.07) is 3.91. The summed E-state index contributed by atoms with van der Waals surface area (Å²) in [6.45, 7) is 8.78. The molecule has 2 rings (SSSR count). The molecule has 7 heteroatoms. The number of hydrogen-bond acceptors (Lipinski definition) is 4. The Balaban J connectivity index is 0.00000288. The van der Waals surface area contributed by atoms with Crippen molar-refractivity contribution in [3.8, 4) is 0 Å². The fourth-order valence-corrected chi connectivity index (χ4v) is 3.02. The van der Waals surface area contributed by atoms with E-state index in [1.54, 1.807) is 17.6 Å². The van der Waals surface area contributed by atoms with Gasteiger partial charge >= 0.3 is 0 Å². The minimum Gasteiger partial charge on any atom is -0.469 e. The van der Waals surface area contributed by atoms with E-state index < -0.39 is 0 Å². The molecule has 24 heavy (non-hydrogen) atoms. The second-order valence-electron chi connectivity index (χ2n) is 5.41. The predicted molar refractivity (Wildman–Crippen MR) is 112 cm³/mol. The zero-order valence-corrected chi connectivity index (χ0v) is 17.7. The minimum absolute atomic E-state index is 0. The summed E-state index contributed by atoms with van der Waals surface area (Å²) in [5.41, 5.74) is 1.14. The van der Waals surface area contributed by atoms with Crippen LogP contribution in [0.3, 0.4) is 0 Å². The van der Waals surface area contributed by atoms with Crippen molar-refractivity contribution in [2.75, 3.05) is 19.6 Å². The average molecular weight is 462 g/mol. The smallest absolute Gasteiger partial charge is 0.191 e. The maximum Gasteiger partial charge on any atom is 0.191 e. The van der Waals surface area contributed by atoms with Crippen LogP contribution in [0.1, 0.15) is 34.7 Å². The Morgan fingerprint density at radius 1 is 1.25 bits per heavy atom. The van der Waals surface area contributed by atoms with Crippen molar-refractivity contribution >= 4 is 41.3 Å². The molecule has 0 atom stereocenters. The molecular formula is C17H27IN4OS. The first-order valence-corrected chi connectivity index (χ1v) is 8.98. The van der Waals surface area contributed by atoms with Gasteiger partial charge in [0.05, 0.1) is 17.0 Å². The highest BCUT2D eigenvalue weighted by molar-refractivity contribution is 14.0. The van der Waals surface area contributed by atoms with Crippen LogP contribution in [-0.4, -0.2) is 30.6 Å². The van der Waals surface area contributed by atoms with E-state index in [0.29, 0.717) is 0 Å². The molecule has 0 aromatic carbocycles. The van der Waals surface area contributed by atoms with E-state index in [4.69, 9.17) is 4.42 Å². The number of aromatic nitrogens is 1. The van der Waals surface area contributed by atoms with E-state index in [1.807, 2.05) is 12.1 Å². The van der Waals surface area contributed by atoms with E-state index in [1.165, 1.54) is 9.88 Å². The van der Waals surface area contributed by atoms with Crippen molar-refractivity contribution in [3.05, 3.63) is 39.7 Å². The molecule has 0 unspecified atom stereocenters. The molecule has 0 amide bonds. The van der Waals surface area contributed by atoms with Gasteiger partial charge in [-0.25, -0.2) is 4.98 Å². The molecule has 0 saturated carbocycles. The van der Waals surface area contributed by atoms with Crippen LogP contribution in [0.2, 0.25) is 0 Å². The lowest BCUT2D eigenvalue weighted by Crippen LogP contribution is -2.39. The van der Waals surface area contributed by atoms with Crippen LogP contribution in [-0.2, 0) is 12.8 Å². The van der Waals surface area contributed by atoms with Gasteiger partial charge in [-0.3, -0.25) is 4.99 Å². The van der Waals surface area contributed by atoms with E-state index in [9.17, 15) is 0 Å². The number of furan rings is 1. The second-order valence-corrected chi connectivity index (χ2v) is 6.70. The Morgan fingerprint density at radius 3 is 2.58 bits per heavy atom. The summed E-state index contributed by atoms with van der Waals surface area (Å²) in [5.74, 6) is 1.85. The summed E-state index contributed by atoms with van der Waals surface area (Å²) in [5, 5.41) is 7.92. The first-order valence-electron chi connectivity index (χ1n) is 8.16. The van der Waals surface area contributed by atoms with Crippen LogP contribution in [0.15, 0.2) is 27.8 Å². The van der Waals surface area contributed by atoms with Gasteiger partial charge < -0.3 is 15.1 Å². The molecule has 2 aromatic heterocycles. The van der Waals surface area contributed by atoms with Gasteiger partial charge in [0.1, 0.15) is 5.76 Å². The maximum atomic E-state index is 5.34. The molecular weight excluding hydrogens is 435 g/mol. The van der Waals surface area contributed by atoms with Gasteiger partial charge in [0, 0.05) is 37.4 Å². The molecule has 0 aliphatic rings. The number of guanidine groups is 1. The van der Waals surface area contributed by atoms with E-state index in [0.717, 1.165) is 56.3 Å². The summed E-state index contributed by atoms with van der Waals surface area (Å²) in [7, 11) is 0. The van der Waals surface area contributed by atoms with Crippen molar-refractivity contribution in [1.29, 1.82) is 0 Å². The van der Waals surface area contributed by atoms with Crippen LogP contribution in [0.4, 0.5) is 0 Å². The van der Waals surface area contributed by atoms with Gasteiger partial charge in [-0.05, 0) is 32.4 Å². The molecule has 2 N–H and O–H groups in total. The number of aryl methyl sites for hydroxylation is 2. The molecule has 5 nitrogen and oxygen atoms in total. The van der Waals surface area contributed by atoms with Crippen molar-refractivity contribution in [3.63, 3.8) is 0 Å². The largest absolute Gasteiger partial charge is 0.469 e. The van der Waals surface area contributed by atoms with Gasteiger partial charge in [-0.1, -0.05) is 6.92 Å². The van der Waals surface area contributed by atoms with Crippen LogP contribution < -0.4 is 10.6 Å². The number of nitrogens with zero attached hydrogens (tertiary/aromatic N) is 2. The van der Waals surface area contributed by atoms with Crippen molar-refractivity contribution in [1.82, 2.24) is 15.6 Å². The van der Waals surface area contributed by atoms with Gasteiger partial charge in [0.2, 0.25) is 0 Å². The lowest BCUT2D eigenvalue weighted by Gasteiger charge is -2.11. The van der Waals surface area contributed by atoms with Gasteiger partial charge in [0.15, 0.2) is 5.96 Å². The van der Waals surface area contributed by atoms with E-state index in [2.05, 4.69) is 41.4 Å². The number of halogens is 1. The number of thiazole rings is 1. The first kappa shape index (κ1) is 21.0. The molecule has 0 fully saturated rings. The summed E-state index contributed by atoms with van der Waals surface area (Å²) in [6.07, 6.45) is 4.52. The molecule has 0 aliphatic heterocycles. The Kier molecular flexibility index (Phi) is 10.0. The molecule has 0 bridgehead atoms. The van der Waals surface area contributed by atoms with Gasteiger partial charge in [0.25, 0.3) is 0 Å². The molecule has 0 spiro atoms. The zero-order chi connectivity index (χ0) is 16.5. The van der Waals surface area contributed by atoms with Gasteiger partial charge in [-0.15, -0.1) is 35.3 Å². The SMILES string of the molecule is CCCN=C(NCCc1ccco1)NCCc1nc(C)c(C)s1.I. The highest BCUT2D eigenvalue weighted by Crippen LogP contribution is 2.16. The lowest BCUT2D eigenvalue weighted by atomic mass is 10.3. The minimum atomic E-state index is 0. The van der Waals surface area contributed by atoms with Crippen molar-refractivity contribution < 1.29 is 4.42 Å². The number of hydrogen-bond donors (Lipinski definition) is 2. The Labute approximate surface area is 165 Å². The molecule has 0 radical (unpaired) electrons. The summed E-state index contributed by atoms with van der Waals surface area (Å²) in [4.78, 5) is 10.4. The third kappa shape index (κ3) is 7.21. The van der Waals surface area contributed by atoms with Crippen LogP contribution in [0, 0.1) is 13.8 Å². The predicted octanol–water partition coefficient (Wildman–Crippen LogP) is 3.70. The topological polar surface area (TPSA) is 62.5 Å². The van der Waals surface area contributed by atoms with Crippen molar-refractivity contribution in [2.24, 2.45) is 4.99 Å². The molecule has 0 aliphatic carbocycles. The van der Waals surface area contributed by atoms with Gasteiger partial charge in [-0.2, -0.15) is 0 Å². The number of rotatable bonds is 8. The van der Waals surface area contributed by atoms with E-state index >= 15 is 0 Å². The molecule has 134 valence electrons. The number of aliphatic imine (C=N–C) groups is 1. The monoisotopic (exact) mass is 462 g/mol. The second kappa shape index (κ2) is 11.5. The van der Waals surface area contributed by atoms with Crippen LogP contribution in [0.25, 0.3) is 0 Å². The highest BCUT2D eigenvalue weighted by atomic mass is 127.